The summed E-state index contributed by atoms with van der Waals surface area (Å²) < 4.78 is 40.7. The van der Waals surface area contributed by atoms with Gasteiger partial charge in [0.2, 0.25) is 17.1 Å². The number of nitrogens with zero attached hydrogens (tertiary/aromatic N) is 5. The van der Waals surface area contributed by atoms with Crippen molar-refractivity contribution in [3.63, 3.8) is 0 Å². The van der Waals surface area contributed by atoms with Crippen molar-refractivity contribution >= 4 is 22.6 Å². The Hall–Kier alpha value is -3.61. The first-order chi connectivity index (χ1) is 15.5. The fraction of sp³-hybridized carbons (Fsp3) is 0.200. The van der Waals surface area contributed by atoms with Crippen LogP contribution in [0.1, 0.15) is 5.69 Å². The number of hydrogen-bond acceptors (Lipinski definition) is 8. The largest absolute Gasteiger partial charge is 0.494 e. The van der Waals surface area contributed by atoms with E-state index in [0.717, 1.165) is 0 Å². The third kappa shape index (κ3) is 4.10. The smallest absolute Gasteiger partial charge is 0.232 e. The van der Waals surface area contributed by atoms with Crippen LogP contribution in [0.25, 0.3) is 28.5 Å². The first-order valence-electron chi connectivity index (χ1n) is 9.37. The molecule has 0 bridgehead atoms. The van der Waals surface area contributed by atoms with Gasteiger partial charge in [-0.25, -0.2) is 28.9 Å². The molecule has 3 aromatic heterocycles. The van der Waals surface area contributed by atoms with Gasteiger partial charge < -0.3 is 14.2 Å². The Morgan fingerprint density at radius 3 is 2.38 bits per heavy atom. The van der Waals surface area contributed by atoms with Crippen molar-refractivity contribution in [1.82, 2.24) is 29.2 Å². The summed E-state index contributed by atoms with van der Waals surface area (Å²) in [6.07, 6.45) is 1.49. The minimum atomic E-state index is -2.18. The zero-order chi connectivity index (χ0) is 22.7. The van der Waals surface area contributed by atoms with E-state index in [-0.39, 0.29) is 6.54 Å². The third-order valence-corrected chi connectivity index (χ3v) is 4.98. The maximum absolute atomic E-state index is 11.0. The quantitative estimate of drug-likeness (QED) is 0.382. The van der Waals surface area contributed by atoms with E-state index < -0.39 is 11.3 Å². The van der Waals surface area contributed by atoms with E-state index in [1.807, 2.05) is 0 Å². The molecule has 32 heavy (non-hydrogen) atoms. The van der Waals surface area contributed by atoms with Gasteiger partial charge in [0, 0.05) is 6.07 Å². The van der Waals surface area contributed by atoms with Crippen LogP contribution in [0, 0.1) is 0 Å². The van der Waals surface area contributed by atoms with Gasteiger partial charge >= 0.3 is 0 Å². The van der Waals surface area contributed by atoms with Gasteiger partial charge in [-0.15, -0.1) is 0 Å². The third-order valence-electron chi connectivity index (χ3n) is 4.58. The number of nitrogens with one attached hydrogen (secondary N) is 1. The maximum Gasteiger partial charge on any atom is 0.232 e. The predicted octanol–water partition coefficient (Wildman–Crippen LogP) is 2.13. The van der Waals surface area contributed by atoms with Crippen molar-refractivity contribution in [3.05, 3.63) is 48.3 Å². The molecular formula is C20H20N6O5S. The van der Waals surface area contributed by atoms with Crippen LogP contribution >= 0.6 is 0 Å². The number of benzene rings is 1. The fourth-order valence-corrected chi connectivity index (χ4v) is 3.47. The van der Waals surface area contributed by atoms with Crippen molar-refractivity contribution < 1.29 is 23.0 Å². The Morgan fingerprint density at radius 2 is 1.72 bits per heavy atom. The molecule has 0 aliphatic rings. The molecule has 0 saturated heterocycles. The van der Waals surface area contributed by atoms with Crippen LogP contribution in [0.15, 0.2) is 42.6 Å². The van der Waals surface area contributed by atoms with E-state index in [1.54, 1.807) is 55.2 Å². The fourth-order valence-electron chi connectivity index (χ4n) is 3.20. The molecule has 0 aliphatic carbocycles. The molecule has 11 nitrogen and oxygen atoms in total. The molecule has 12 heteroatoms. The molecule has 0 saturated carbocycles. The monoisotopic (exact) mass is 456 g/mol. The molecule has 0 fully saturated rings. The standard InChI is InChI=1S/C20H20N6O5S/c1-29-14-7-5-8-15(30-2)17(14)26-19(13-6-4-9-16(24-13)31-3)25-18-20(26)23-12(10-21-18)11-22-32(27)28/h4-10,22H,11H2,1-3H3,(H,27,28). The lowest BCUT2D eigenvalue weighted by atomic mass is 10.2. The van der Waals surface area contributed by atoms with Crippen LogP contribution in [0.4, 0.5) is 0 Å². The average Bonchev–Trinajstić information content (AvgIpc) is 3.20. The Kier molecular flexibility index (Phi) is 6.25. The summed E-state index contributed by atoms with van der Waals surface area (Å²) in [5, 5.41) is 0. The number of ether oxygens (including phenoxy) is 3. The second-order valence-corrected chi connectivity index (χ2v) is 7.21. The molecule has 166 valence electrons. The molecular weight excluding hydrogens is 436 g/mol. The van der Waals surface area contributed by atoms with E-state index in [0.29, 0.717) is 51.6 Å². The van der Waals surface area contributed by atoms with Crippen LogP contribution in [0.5, 0.6) is 17.4 Å². The van der Waals surface area contributed by atoms with E-state index in [1.165, 1.54) is 13.3 Å². The molecule has 1 aromatic carbocycles. The number of fused-ring (bicyclic) bond motifs is 1. The highest BCUT2D eigenvalue weighted by Crippen LogP contribution is 2.37. The molecule has 3 heterocycles. The Bertz CT molecular complexity index is 1270. The highest BCUT2D eigenvalue weighted by atomic mass is 32.2. The van der Waals surface area contributed by atoms with Crippen molar-refractivity contribution in [1.29, 1.82) is 0 Å². The minimum Gasteiger partial charge on any atom is -0.494 e. The van der Waals surface area contributed by atoms with Crippen LogP contribution in [-0.2, 0) is 17.8 Å². The van der Waals surface area contributed by atoms with Crippen LogP contribution in [-0.4, -0.2) is 54.6 Å². The van der Waals surface area contributed by atoms with Gasteiger partial charge in [0.15, 0.2) is 17.1 Å². The number of pyridine rings is 1. The maximum atomic E-state index is 11.0. The molecule has 4 rings (SSSR count). The minimum absolute atomic E-state index is 0.0348. The molecule has 1 atom stereocenters. The van der Waals surface area contributed by atoms with Gasteiger partial charge in [-0.2, -0.15) is 0 Å². The highest BCUT2D eigenvalue weighted by molar-refractivity contribution is 7.77. The topological polar surface area (TPSA) is 134 Å². The highest BCUT2D eigenvalue weighted by Gasteiger charge is 2.23. The summed E-state index contributed by atoms with van der Waals surface area (Å²) in [5.74, 6) is 1.91. The summed E-state index contributed by atoms with van der Waals surface area (Å²) >= 11 is -2.18. The predicted molar refractivity (Wildman–Crippen MR) is 117 cm³/mol. The molecule has 0 spiro atoms. The van der Waals surface area contributed by atoms with Crippen LogP contribution in [0.3, 0.4) is 0 Å². The van der Waals surface area contributed by atoms with E-state index in [4.69, 9.17) is 18.8 Å². The first-order valence-corrected chi connectivity index (χ1v) is 10.5. The van der Waals surface area contributed by atoms with E-state index in [2.05, 4.69) is 24.7 Å². The lowest BCUT2D eigenvalue weighted by Crippen LogP contribution is -2.16. The van der Waals surface area contributed by atoms with Crippen molar-refractivity contribution in [2.75, 3.05) is 21.3 Å². The first kappa shape index (κ1) is 21.6. The van der Waals surface area contributed by atoms with Crippen molar-refractivity contribution in [3.8, 4) is 34.6 Å². The zero-order valence-electron chi connectivity index (χ0n) is 17.5. The lowest BCUT2D eigenvalue weighted by molar-refractivity contribution is 0.391. The summed E-state index contributed by atoms with van der Waals surface area (Å²) in [7, 11) is 4.64. The van der Waals surface area contributed by atoms with E-state index in [9.17, 15) is 4.21 Å². The average molecular weight is 456 g/mol. The molecule has 0 radical (unpaired) electrons. The zero-order valence-corrected chi connectivity index (χ0v) is 18.3. The van der Waals surface area contributed by atoms with Crippen LogP contribution in [0.2, 0.25) is 0 Å². The van der Waals surface area contributed by atoms with Crippen molar-refractivity contribution in [2.45, 2.75) is 6.54 Å². The van der Waals surface area contributed by atoms with Gasteiger partial charge in [-0.05, 0) is 18.2 Å². The second-order valence-electron chi connectivity index (χ2n) is 6.43. The molecule has 2 N–H and O–H groups in total. The Morgan fingerprint density at radius 1 is 1.00 bits per heavy atom. The normalized spacial score (nSPS) is 12.0. The van der Waals surface area contributed by atoms with Gasteiger partial charge in [0.1, 0.15) is 22.9 Å². The molecule has 0 aliphatic heterocycles. The van der Waals surface area contributed by atoms with Crippen LogP contribution < -0.4 is 18.9 Å². The summed E-state index contributed by atoms with van der Waals surface area (Å²) in [6.45, 7) is 0.0348. The summed E-state index contributed by atoms with van der Waals surface area (Å²) in [5.41, 5.74) is 2.28. The second kappa shape index (κ2) is 9.26. The SMILES string of the molecule is COc1cccc(-c2nc3ncc(CNS(=O)O)nc3n2-c2c(OC)cccc2OC)n1. The molecule has 1 unspecified atom stereocenters. The number of aromatic nitrogens is 5. The van der Waals surface area contributed by atoms with Gasteiger partial charge in [0.25, 0.3) is 0 Å². The molecule has 4 aromatic rings. The Balaban J connectivity index is 2.03. The molecule has 0 amide bonds. The van der Waals surface area contributed by atoms with Crippen molar-refractivity contribution in [2.24, 2.45) is 0 Å². The number of rotatable bonds is 8. The van der Waals surface area contributed by atoms with Gasteiger partial charge in [-0.1, -0.05) is 12.1 Å². The van der Waals surface area contributed by atoms with Gasteiger partial charge in [0.05, 0.1) is 39.8 Å². The number of imidazole rings is 1. The summed E-state index contributed by atoms with van der Waals surface area (Å²) in [6, 6.07) is 10.7. The number of methoxy groups -OCH3 is 3. The van der Waals surface area contributed by atoms with E-state index >= 15 is 0 Å². The summed E-state index contributed by atoms with van der Waals surface area (Å²) in [4.78, 5) is 18.2. The lowest BCUT2D eigenvalue weighted by Gasteiger charge is -2.16. The number of hydrogen-bond donors (Lipinski definition) is 2. The van der Waals surface area contributed by atoms with Gasteiger partial charge in [-0.3, -0.25) is 9.12 Å². The number of para-hydroxylation sites is 1. The Labute approximate surface area is 185 Å².